The average molecular weight is 290 g/mol. The lowest BCUT2D eigenvalue weighted by Gasteiger charge is -2.31. The van der Waals surface area contributed by atoms with Gasteiger partial charge in [0, 0.05) is 25.0 Å². The third kappa shape index (κ3) is 2.67. The number of carbonyl (C=O) groups is 1. The standard InChI is InChI=1S/C14H21F3N2O/c15-14(16,17)11-3-1-9(2-4-11)13(20)19-7-10-5-6-18-12(10)8-19/h9-12,18H,1-8H2/t9?,10-,11?,12+/m0/s1. The predicted molar refractivity (Wildman–Crippen MR) is 68.0 cm³/mol. The number of halogens is 3. The zero-order valence-electron chi connectivity index (χ0n) is 11.5. The molecule has 1 saturated carbocycles. The van der Waals surface area contributed by atoms with Crippen molar-refractivity contribution in [2.75, 3.05) is 19.6 Å². The van der Waals surface area contributed by atoms with Gasteiger partial charge in [-0.15, -0.1) is 0 Å². The number of nitrogens with one attached hydrogen (secondary N) is 1. The zero-order chi connectivity index (χ0) is 14.3. The largest absolute Gasteiger partial charge is 0.391 e. The summed E-state index contributed by atoms with van der Waals surface area (Å²) in [6.07, 6.45) is -1.99. The normalized spacial score (nSPS) is 38.0. The van der Waals surface area contributed by atoms with Gasteiger partial charge in [0.15, 0.2) is 0 Å². The second kappa shape index (κ2) is 5.20. The Kier molecular flexibility index (Phi) is 3.69. The number of hydrogen-bond donors (Lipinski definition) is 1. The maximum atomic E-state index is 12.6. The van der Waals surface area contributed by atoms with E-state index in [1.165, 1.54) is 0 Å². The second-order valence-electron chi connectivity index (χ2n) is 6.44. The number of nitrogens with zero attached hydrogens (tertiary/aromatic N) is 1. The molecule has 2 heterocycles. The van der Waals surface area contributed by atoms with Crippen LogP contribution in [0.3, 0.4) is 0 Å². The number of amides is 1. The summed E-state index contributed by atoms with van der Waals surface area (Å²) in [5, 5.41) is 3.39. The van der Waals surface area contributed by atoms with Gasteiger partial charge in [-0.25, -0.2) is 0 Å². The average Bonchev–Trinajstić information content (AvgIpc) is 2.97. The number of likely N-dealkylation sites (tertiary alicyclic amines) is 1. The quantitative estimate of drug-likeness (QED) is 0.803. The second-order valence-corrected chi connectivity index (χ2v) is 6.44. The van der Waals surface area contributed by atoms with Gasteiger partial charge in [0.2, 0.25) is 5.91 Å². The molecule has 2 aliphatic heterocycles. The summed E-state index contributed by atoms with van der Waals surface area (Å²) in [5.41, 5.74) is 0. The van der Waals surface area contributed by atoms with Crippen LogP contribution in [0.2, 0.25) is 0 Å². The fraction of sp³-hybridized carbons (Fsp3) is 0.929. The Morgan fingerprint density at radius 1 is 1.05 bits per heavy atom. The molecule has 1 amide bonds. The van der Waals surface area contributed by atoms with E-state index >= 15 is 0 Å². The van der Waals surface area contributed by atoms with Gasteiger partial charge in [0.05, 0.1) is 5.92 Å². The Bertz CT molecular complexity index is 365. The molecule has 1 aliphatic carbocycles. The minimum Gasteiger partial charge on any atom is -0.341 e. The van der Waals surface area contributed by atoms with Crippen molar-refractivity contribution in [1.29, 1.82) is 0 Å². The molecule has 0 bridgehead atoms. The van der Waals surface area contributed by atoms with Crippen LogP contribution in [0, 0.1) is 17.8 Å². The number of alkyl halides is 3. The summed E-state index contributed by atoms with van der Waals surface area (Å²) in [5.74, 6) is -0.758. The van der Waals surface area contributed by atoms with Crippen molar-refractivity contribution >= 4 is 5.91 Å². The van der Waals surface area contributed by atoms with E-state index < -0.39 is 12.1 Å². The maximum absolute atomic E-state index is 12.6. The van der Waals surface area contributed by atoms with Crippen LogP contribution in [0.4, 0.5) is 13.2 Å². The molecule has 0 spiro atoms. The van der Waals surface area contributed by atoms with Crippen LogP contribution in [-0.2, 0) is 4.79 Å². The Balaban J connectivity index is 1.52. The summed E-state index contributed by atoms with van der Waals surface area (Å²) >= 11 is 0. The van der Waals surface area contributed by atoms with Crippen LogP contribution >= 0.6 is 0 Å². The molecule has 20 heavy (non-hydrogen) atoms. The van der Waals surface area contributed by atoms with Crippen LogP contribution in [0.1, 0.15) is 32.1 Å². The topological polar surface area (TPSA) is 32.3 Å². The molecule has 0 aromatic heterocycles. The lowest BCUT2D eigenvalue weighted by atomic mass is 9.81. The van der Waals surface area contributed by atoms with E-state index in [4.69, 9.17) is 0 Å². The van der Waals surface area contributed by atoms with E-state index in [-0.39, 0.29) is 24.7 Å². The van der Waals surface area contributed by atoms with Crippen LogP contribution in [-0.4, -0.2) is 42.7 Å². The monoisotopic (exact) mass is 290 g/mol. The number of hydrogen-bond acceptors (Lipinski definition) is 2. The number of fused-ring (bicyclic) bond motifs is 1. The summed E-state index contributed by atoms with van der Waals surface area (Å²) in [7, 11) is 0. The summed E-state index contributed by atoms with van der Waals surface area (Å²) in [4.78, 5) is 14.3. The Hall–Kier alpha value is -0.780. The molecule has 0 unspecified atom stereocenters. The first kappa shape index (κ1) is 14.2. The van der Waals surface area contributed by atoms with Crippen molar-refractivity contribution in [3.8, 4) is 0 Å². The van der Waals surface area contributed by atoms with Crippen molar-refractivity contribution in [3.63, 3.8) is 0 Å². The highest BCUT2D eigenvalue weighted by molar-refractivity contribution is 5.79. The molecule has 0 aromatic rings. The fourth-order valence-corrected chi connectivity index (χ4v) is 3.96. The molecule has 114 valence electrons. The molecule has 3 nitrogen and oxygen atoms in total. The molecule has 1 N–H and O–H groups in total. The molecule has 3 aliphatic rings. The van der Waals surface area contributed by atoms with Crippen LogP contribution in [0.15, 0.2) is 0 Å². The van der Waals surface area contributed by atoms with Gasteiger partial charge in [0.25, 0.3) is 0 Å². The van der Waals surface area contributed by atoms with Crippen LogP contribution in [0.5, 0.6) is 0 Å². The number of carbonyl (C=O) groups excluding carboxylic acids is 1. The molecule has 0 aromatic carbocycles. The lowest BCUT2D eigenvalue weighted by Crippen LogP contribution is -2.40. The molecule has 2 atom stereocenters. The van der Waals surface area contributed by atoms with E-state index in [0.29, 0.717) is 24.8 Å². The van der Waals surface area contributed by atoms with E-state index in [0.717, 1.165) is 26.1 Å². The van der Waals surface area contributed by atoms with E-state index in [1.54, 1.807) is 0 Å². The van der Waals surface area contributed by atoms with Gasteiger partial charge >= 0.3 is 6.18 Å². The lowest BCUT2D eigenvalue weighted by molar-refractivity contribution is -0.185. The molecule has 3 rings (SSSR count). The summed E-state index contributed by atoms with van der Waals surface area (Å²) < 4.78 is 37.9. The van der Waals surface area contributed by atoms with Gasteiger partial charge in [-0.3, -0.25) is 4.79 Å². The molecular weight excluding hydrogens is 269 g/mol. The van der Waals surface area contributed by atoms with Crippen molar-refractivity contribution < 1.29 is 18.0 Å². The van der Waals surface area contributed by atoms with E-state index in [9.17, 15) is 18.0 Å². The van der Waals surface area contributed by atoms with Crippen molar-refractivity contribution in [2.45, 2.75) is 44.3 Å². The molecule has 3 fully saturated rings. The van der Waals surface area contributed by atoms with Gasteiger partial charge in [-0.2, -0.15) is 13.2 Å². The van der Waals surface area contributed by atoms with Crippen LogP contribution < -0.4 is 5.32 Å². The minimum absolute atomic E-state index is 0.0850. The Labute approximate surface area is 116 Å². The van der Waals surface area contributed by atoms with Gasteiger partial charge in [-0.05, 0) is 44.6 Å². The first-order valence-corrected chi connectivity index (χ1v) is 7.54. The first-order valence-electron chi connectivity index (χ1n) is 7.54. The highest BCUT2D eigenvalue weighted by Gasteiger charge is 2.44. The SMILES string of the molecule is O=C(C1CCC(C(F)(F)F)CC1)N1C[C@@H]2CCN[C@@H]2C1. The van der Waals surface area contributed by atoms with Crippen molar-refractivity contribution in [1.82, 2.24) is 10.2 Å². The molecule has 6 heteroatoms. The van der Waals surface area contributed by atoms with Crippen LogP contribution in [0.25, 0.3) is 0 Å². The smallest absolute Gasteiger partial charge is 0.341 e. The van der Waals surface area contributed by atoms with Crippen molar-refractivity contribution in [2.24, 2.45) is 17.8 Å². The summed E-state index contributed by atoms with van der Waals surface area (Å²) in [6.45, 7) is 2.55. The summed E-state index contributed by atoms with van der Waals surface area (Å²) in [6, 6.07) is 0.408. The third-order valence-corrected chi connectivity index (χ3v) is 5.21. The first-order chi connectivity index (χ1) is 9.45. The molecule has 2 saturated heterocycles. The Morgan fingerprint density at radius 3 is 2.35 bits per heavy atom. The van der Waals surface area contributed by atoms with Gasteiger partial charge < -0.3 is 10.2 Å². The van der Waals surface area contributed by atoms with Gasteiger partial charge in [0.1, 0.15) is 0 Å². The molecular formula is C14H21F3N2O. The van der Waals surface area contributed by atoms with Crippen molar-refractivity contribution in [3.05, 3.63) is 0 Å². The van der Waals surface area contributed by atoms with Gasteiger partial charge in [-0.1, -0.05) is 0 Å². The fourth-order valence-electron chi connectivity index (χ4n) is 3.96. The predicted octanol–water partition coefficient (Wildman–Crippen LogP) is 2.18. The Morgan fingerprint density at radius 2 is 1.75 bits per heavy atom. The van der Waals surface area contributed by atoms with E-state index in [1.807, 2.05) is 4.90 Å². The highest BCUT2D eigenvalue weighted by atomic mass is 19.4. The minimum atomic E-state index is -4.09. The van der Waals surface area contributed by atoms with E-state index in [2.05, 4.69) is 5.32 Å². The highest BCUT2D eigenvalue weighted by Crippen LogP contribution is 2.40. The third-order valence-electron chi connectivity index (χ3n) is 5.21. The zero-order valence-corrected chi connectivity index (χ0v) is 11.5. The number of rotatable bonds is 1. The molecule has 0 radical (unpaired) electrons. The maximum Gasteiger partial charge on any atom is 0.391 e.